The number of carbonyl (C=O) groups excluding carboxylic acids is 3. The van der Waals surface area contributed by atoms with Crippen molar-refractivity contribution in [1.29, 1.82) is 0 Å². The van der Waals surface area contributed by atoms with Gasteiger partial charge in [0.2, 0.25) is 5.78 Å². The monoisotopic (exact) mass is 395 g/mol. The maximum atomic E-state index is 11.8. The number of benzene rings is 1. The van der Waals surface area contributed by atoms with Gasteiger partial charge in [0.05, 0.1) is 11.3 Å². The lowest BCUT2D eigenvalue weighted by atomic mass is 10.2. The van der Waals surface area contributed by atoms with Crippen molar-refractivity contribution in [3.8, 4) is 0 Å². The molecule has 5 nitrogen and oxygen atoms in total. The molecule has 1 aromatic carbocycles. The summed E-state index contributed by atoms with van der Waals surface area (Å²) in [5.41, 5.74) is 0.509. The van der Waals surface area contributed by atoms with Crippen molar-refractivity contribution in [2.24, 2.45) is 0 Å². The predicted molar refractivity (Wildman–Crippen MR) is 90.7 cm³/mol. The molecule has 1 N–H and O–H groups in total. The first-order valence-corrected chi connectivity index (χ1v) is 8.49. The number of nitrogens with one attached hydrogen (secondary N) is 1. The van der Waals surface area contributed by atoms with Crippen LogP contribution in [0.3, 0.4) is 0 Å². The third-order valence-corrected chi connectivity index (χ3v) is 4.32. The summed E-state index contributed by atoms with van der Waals surface area (Å²) >= 11 is 4.59. The molecule has 0 unspecified atom stereocenters. The largest absolute Gasteiger partial charge is 0.457 e. The minimum atomic E-state index is -0.522. The van der Waals surface area contributed by atoms with Crippen LogP contribution in [0.25, 0.3) is 0 Å². The van der Waals surface area contributed by atoms with Crippen molar-refractivity contribution in [3.05, 3.63) is 56.7 Å². The molecule has 0 bridgehead atoms. The quantitative estimate of drug-likeness (QED) is 0.577. The van der Waals surface area contributed by atoms with E-state index in [1.165, 1.54) is 11.3 Å². The first kappa shape index (κ1) is 17.4. The second-order valence-electron chi connectivity index (χ2n) is 4.57. The molecule has 0 saturated heterocycles. The Morgan fingerprint density at radius 2 is 1.87 bits per heavy atom. The van der Waals surface area contributed by atoms with E-state index in [9.17, 15) is 14.4 Å². The molecule has 23 heavy (non-hydrogen) atoms. The molecule has 2 rings (SSSR count). The number of esters is 1. The SMILES string of the molecule is O=C(CCNC(=O)c1ccc(Br)cc1)OCC(=O)c1cccs1. The van der Waals surface area contributed by atoms with Gasteiger partial charge in [-0.1, -0.05) is 22.0 Å². The van der Waals surface area contributed by atoms with Crippen LogP contribution < -0.4 is 5.32 Å². The van der Waals surface area contributed by atoms with Crippen LogP contribution in [-0.2, 0) is 9.53 Å². The number of amides is 1. The second-order valence-corrected chi connectivity index (χ2v) is 6.44. The van der Waals surface area contributed by atoms with E-state index in [0.717, 1.165) is 4.47 Å². The van der Waals surface area contributed by atoms with Gasteiger partial charge in [-0.05, 0) is 35.7 Å². The Bertz CT molecular complexity index is 683. The van der Waals surface area contributed by atoms with Crippen molar-refractivity contribution >= 4 is 44.9 Å². The van der Waals surface area contributed by atoms with Gasteiger partial charge < -0.3 is 10.1 Å². The van der Waals surface area contributed by atoms with Crippen molar-refractivity contribution in [1.82, 2.24) is 5.32 Å². The number of halogens is 1. The molecule has 0 aliphatic rings. The molecular formula is C16H14BrNO4S. The number of Topliss-reactive ketones (excluding diaryl/α,β-unsaturated/α-hetero) is 1. The molecule has 1 amide bonds. The summed E-state index contributed by atoms with van der Waals surface area (Å²) in [6.45, 7) is -0.124. The summed E-state index contributed by atoms with van der Waals surface area (Å²) in [5.74, 6) is -1.02. The van der Waals surface area contributed by atoms with Crippen LogP contribution in [0.15, 0.2) is 46.3 Å². The first-order chi connectivity index (χ1) is 11.1. The van der Waals surface area contributed by atoms with Crippen molar-refractivity contribution in [2.75, 3.05) is 13.2 Å². The fourth-order valence-electron chi connectivity index (χ4n) is 1.71. The van der Waals surface area contributed by atoms with Gasteiger partial charge in [0.15, 0.2) is 6.61 Å². The molecule has 2 aromatic rings. The summed E-state index contributed by atoms with van der Waals surface area (Å²) in [6.07, 6.45) is 0.0139. The molecule has 0 spiro atoms. The van der Waals surface area contributed by atoms with Gasteiger partial charge in [-0.25, -0.2) is 0 Å². The van der Waals surface area contributed by atoms with Gasteiger partial charge in [0, 0.05) is 16.6 Å². The number of ketones is 1. The van der Waals surface area contributed by atoms with E-state index in [4.69, 9.17) is 4.74 Å². The number of hydrogen-bond acceptors (Lipinski definition) is 5. The van der Waals surface area contributed by atoms with Gasteiger partial charge in [0.25, 0.3) is 5.91 Å². The summed E-state index contributed by atoms with van der Waals surface area (Å²) < 4.78 is 5.77. The van der Waals surface area contributed by atoms with Gasteiger partial charge in [-0.2, -0.15) is 0 Å². The Morgan fingerprint density at radius 1 is 1.13 bits per heavy atom. The fourth-order valence-corrected chi connectivity index (χ4v) is 2.62. The number of hydrogen-bond donors (Lipinski definition) is 1. The average Bonchev–Trinajstić information content (AvgIpc) is 3.07. The normalized spacial score (nSPS) is 10.1. The molecule has 1 heterocycles. The standard InChI is InChI=1S/C16H14BrNO4S/c17-12-5-3-11(4-6-12)16(21)18-8-7-15(20)22-10-13(19)14-2-1-9-23-14/h1-6,9H,7-8,10H2,(H,18,21). The summed E-state index contributed by atoms with van der Waals surface area (Å²) in [7, 11) is 0. The van der Waals surface area contributed by atoms with Crippen LogP contribution in [0.1, 0.15) is 26.5 Å². The highest BCUT2D eigenvalue weighted by Gasteiger charge is 2.11. The lowest BCUT2D eigenvalue weighted by Crippen LogP contribution is -2.27. The summed E-state index contributed by atoms with van der Waals surface area (Å²) in [5, 5.41) is 4.41. The van der Waals surface area contributed by atoms with E-state index in [1.54, 1.807) is 41.8 Å². The Morgan fingerprint density at radius 3 is 2.52 bits per heavy atom. The van der Waals surface area contributed by atoms with Gasteiger partial charge >= 0.3 is 5.97 Å². The molecule has 120 valence electrons. The smallest absolute Gasteiger partial charge is 0.308 e. The third kappa shape index (κ3) is 5.61. The van der Waals surface area contributed by atoms with Gasteiger partial charge in [-0.15, -0.1) is 11.3 Å². The van der Waals surface area contributed by atoms with Crippen LogP contribution in [0.2, 0.25) is 0 Å². The van der Waals surface area contributed by atoms with E-state index in [1.807, 2.05) is 0 Å². The molecule has 0 atom stereocenters. The topological polar surface area (TPSA) is 72.5 Å². The molecule has 0 saturated carbocycles. The molecule has 0 aliphatic heterocycles. The predicted octanol–water partition coefficient (Wildman–Crippen LogP) is 3.06. The molecular weight excluding hydrogens is 382 g/mol. The number of rotatable bonds is 7. The Balaban J connectivity index is 1.67. The van der Waals surface area contributed by atoms with Crippen LogP contribution in [0.4, 0.5) is 0 Å². The van der Waals surface area contributed by atoms with E-state index >= 15 is 0 Å². The average molecular weight is 396 g/mol. The zero-order chi connectivity index (χ0) is 16.7. The molecule has 0 radical (unpaired) electrons. The van der Waals surface area contributed by atoms with Crippen molar-refractivity contribution in [2.45, 2.75) is 6.42 Å². The third-order valence-electron chi connectivity index (χ3n) is 2.88. The lowest BCUT2D eigenvalue weighted by molar-refractivity contribution is -0.142. The second kappa shape index (κ2) is 8.59. The van der Waals surface area contributed by atoms with E-state index < -0.39 is 5.97 Å². The van der Waals surface area contributed by atoms with E-state index in [0.29, 0.717) is 10.4 Å². The first-order valence-electron chi connectivity index (χ1n) is 6.82. The maximum Gasteiger partial charge on any atom is 0.308 e. The minimum absolute atomic E-state index is 0.0139. The summed E-state index contributed by atoms with van der Waals surface area (Å²) in [4.78, 5) is 35.6. The number of ether oxygens (including phenoxy) is 1. The maximum absolute atomic E-state index is 11.8. The van der Waals surface area contributed by atoms with Crippen LogP contribution in [-0.4, -0.2) is 30.8 Å². The lowest BCUT2D eigenvalue weighted by Gasteiger charge is -2.06. The molecule has 0 fully saturated rings. The zero-order valence-electron chi connectivity index (χ0n) is 12.1. The van der Waals surface area contributed by atoms with E-state index in [-0.39, 0.29) is 31.3 Å². The van der Waals surface area contributed by atoms with Crippen molar-refractivity contribution < 1.29 is 19.1 Å². The molecule has 7 heteroatoms. The fraction of sp³-hybridized carbons (Fsp3) is 0.188. The van der Waals surface area contributed by atoms with E-state index in [2.05, 4.69) is 21.2 Å². The highest BCUT2D eigenvalue weighted by atomic mass is 79.9. The Kier molecular flexibility index (Phi) is 6.49. The van der Waals surface area contributed by atoms with Crippen LogP contribution in [0.5, 0.6) is 0 Å². The van der Waals surface area contributed by atoms with Gasteiger partial charge in [0.1, 0.15) is 0 Å². The highest BCUT2D eigenvalue weighted by Crippen LogP contribution is 2.10. The zero-order valence-corrected chi connectivity index (χ0v) is 14.5. The Hall–Kier alpha value is -1.99. The van der Waals surface area contributed by atoms with Crippen molar-refractivity contribution in [3.63, 3.8) is 0 Å². The summed E-state index contributed by atoms with van der Waals surface area (Å²) in [6, 6.07) is 10.3. The minimum Gasteiger partial charge on any atom is -0.457 e. The number of thiophene rings is 1. The van der Waals surface area contributed by atoms with Gasteiger partial charge in [-0.3, -0.25) is 14.4 Å². The highest BCUT2D eigenvalue weighted by molar-refractivity contribution is 9.10. The number of carbonyl (C=O) groups is 3. The van der Waals surface area contributed by atoms with Crippen LogP contribution >= 0.6 is 27.3 Å². The Labute approximate surface area is 145 Å². The van der Waals surface area contributed by atoms with Crippen LogP contribution in [0, 0.1) is 0 Å². The molecule has 0 aliphatic carbocycles. The molecule has 1 aromatic heterocycles.